The van der Waals surface area contributed by atoms with Crippen molar-refractivity contribution in [3.63, 3.8) is 0 Å². The van der Waals surface area contributed by atoms with Crippen molar-refractivity contribution in [3.05, 3.63) is 76.6 Å². The molecule has 1 amide bonds. The molecule has 0 radical (unpaired) electrons. The zero-order chi connectivity index (χ0) is 26.1. The first-order chi connectivity index (χ1) is 17.9. The number of fused-ring (bicyclic) bond motifs is 3. The smallest absolute Gasteiger partial charge is 0.306 e. The van der Waals surface area contributed by atoms with E-state index in [1.807, 2.05) is 59.3 Å². The molecule has 0 saturated carbocycles. The third-order valence-corrected chi connectivity index (χ3v) is 7.45. The molecule has 1 fully saturated rings. The summed E-state index contributed by atoms with van der Waals surface area (Å²) in [7, 11) is 3.17. The lowest BCUT2D eigenvalue weighted by atomic mass is 9.96. The summed E-state index contributed by atoms with van der Waals surface area (Å²) in [6.45, 7) is 0.846. The van der Waals surface area contributed by atoms with Gasteiger partial charge in [0.25, 0.3) is 0 Å². The molecule has 0 aliphatic carbocycles. The molecule has 1 aromatic heterocycles. The van der Waals surface area contributed by atoms with Crippen LogP contribution in [0.15, 0.2) is 54.7 Å². The Morgan fingerprint density at radius 3 is 2.54 bits per heavy atom. The fourth-order valence-corrected chi connectivity index (χ4v) is 5.49. The Kier molecular flexibility index (Phi) is 7.13. The first kappa shape index (κ1) is 25.2. The number of carbonyl (C=O) groups is 2. The van der Waals surface area contributed by atoms with E-state index < -0.39 is 24.1 Å². The Bertz CT molecular complexity index is 1310. The summed E-state index contributed by atoms with van der Waals surface area (Å²) < 4.78 is 20.1. The van der Waals surface area contributed by atoms with Crippen molar-refractivity contribution in [3.8, 4) is 17.2 Å². The van der Waals surface area contributed by atoms with E-state index in [4.69, 9.17) is 25.8 Å². The fraction of sp³-hybridized carbons (Fsp3) is 0.357. The number of amides is 1. The van der Waals surface area contributed by atoms with Crippen LogP contribution in [0.1, 0.15) is 48.3 Å². The lowest BCUT2D eigenvalue weighted by Crippen LogP contribution is -2.40. The van der Waals surface area contributed by atoms with Gasteiger partial charge in [0.15, 0.2) is 11.5 Å². The molecule has 1 saturated heterocycles. The lowest BCUT2D eigenvalue weighted by molar-refractivity contribution is -0.146. The summed E-state index contributed by atoms with van der Waals surface area (Å²) in [5.74, 6) is -0.150. The van der Waals surface area contributed by atoms with E-state index in [9.17, 15) is 14.7 Å². The SMILES string of the molecule is COc1cccc([C@H]2O[C@H](CC(=O)N3CCC(C(=O)O)CC3)c3cccn3-c3ccc(Cl)cc32)c1OC. The Balaban J connectivity index is 1.53. The maximum atomic E-state index is 13.4. The number of nitrogens with zero attached hydrogens (tertiary/aromatic N) is 2. The van der Waals surface area contributed by atoms with Crippen LogP contribution in [0.4, 0.5) is 0 Å². The number of likely N-dealkylation sites (tertiary alicyclic amines) is 1. The average Bonchev–Trinajstić information content (AvgIpc) is 3.36. The van der Waals surface area contributed by atoms with Crippen molar-refractivity contribution in [2.75, 3.05) is 27.3 Å². The van der Waals surface area contributed by atoms with Crippen molar-refractivity contribution in [2.45, 2.75) is 31.5 Å². The molecule has 2 aliphatic heterocycles. The maximum Gasteiger partial charge on any atom is 0.306 e. The number of aliphatic carboxylic acids is 1. The number of carbonyl (C=O) groups excluding carboxylic acids is 1. The van der Waals surface area contributed by atoms with Gasteiger partial charge < -0.3 is 28.8 Å². The number of carboxylic acids is 1. The number of methoxy groups -OCH3 is 2. The number of benzene rings is 2. The van der Waals surface area contributed by atoms with Crippen molar-refractivity contribution in [2.24, 2.45) is 5.92 Å². The predicted octanol–water partition coefficient (Wildman–Crippen LogP) is 5.02. The molecular formula is C28H29ClN2O6. The molecule has 8 nitrogen and oxygen atoms in total. The molecule has 2 aromatic carbocycles. The number of halogens is 1. The summed E-state index contributed by atoms with van der Waals surface area (Å²) >= 11 is 6.45. The van der Waals surface area contributed by atoms with Gasteiger partial charge in [-0.25, -0.2) is 0 Å². The number of piperidine rings is 1. The Morgan fingerprint density at radius 2 is 1.84 bits per heavy atom. The second-order valence-corrected chi connectivity index (χ2v) is 9.73. The van der Waals surface area contributed by atoms with Crippen LogP contribution in [0, 0.1) is 5.92 Å². The normalized spacial score (nSPS) is 19.5. The van der Waals surface area contributed by atoms with Crippen molar-refractivity contribution < 1.29 is 28.9 Å². The molecule has 0 bridgehead atoms. The topological polar surface area (TPSA) is 90.2 Å². The summed E-state index contributed by atoms with van der Waals surface area (Å²) in [6.07, 6.45) is 1.83. The van der Waals surface area contributed by atoms with Crippen LogP contribution in [0.3, 0.4) is 0 Å². The van der Waals surface area contributed by atoms with E-state index in [0.717, 1.165) is 22.5 Å². The van der Waals surface area contributed by atoms with Crippen molar-refractivity contribution in [1.29, 1.82) is 0 Å². The molecule has 194 valence electrons. The summed E-state index contributed by atoms with van der Waals surface area (Å²) in [4.78, 5) is 26.5. The highest BCUT2D eigenvalue weighted by Crippen LogP contribution is 2.46. The van der Waals surface area contributed by atoms with Crippen LogP contribution in [-0.4, -0.2) is 53.8 Å². The monoisotopic (exact) mass is 524 g/mol. The van der Waals surface area contributed by atoms with E-state index in [2.05, 4.69) is 0 Å². The number of hydrogen-bond acceptors (Lipinski definition) is 5. The van der Waals surface area contributed by atoms with Crippen LogP contribution >= 0.6 is 11.6 Å². The maximum absolute atomic E-state index is 13.4. The van der Waals surface area contributed by atoms with Crippen LogP contribution in [0.2, 0.25) is 5.02 Å². The zero-order valence-corrected chi connectivity index (χ0v) is 21.5. The van der Waals surface area contributed by atoms with E-state index >= 15 is 0 Å². The van der Waals surface area contributed by atoms with Crippen molar-refractivity contribution in [1.82, 2.24) is 9.47 Å². The summed E-state index contributed by atoms with van der Waals surface area (Å²) in [5, 5.41) is 9.88. The molecule has 0 spiro atoms. The van der Waals surface area contributed by atoms with E-state index in [1.165, 1.54) is 0 Å². The zero-order valence-electron chi connectivity index (χ0n) is 20.7. The van der Waals surface area contributed by atoms with Gasteiger partial charge in [0.1, 0.15) is 12.2 Å². The minimum atomic E-state index is -0.802. The number of para-hydroxylation sites is 1. The second kappa shape index (κ2) is 10.5. The van der Waals surface area contributed by atoms with E-state index in [1.54, 1.807) is 19.1 Å². The van der Waals surface area contributed by atoms with Crippen LogP contribution in [0.25, 0.3) is 5.69 Å². The van der Waals surface area contributed by atoms with Crippen LogP contribution in [-0.2, 0) is 14.3 Å². The van der Waals surface area contributed by atoms with Crippen molar-refractivity contribution >= 4 is 23.5 Å². The van der Waals surface area contributed by atoms with Gasteiger partial charge in [0.05, 0.1) is 37.9 Å². The van der Waals surface area contributed by atoms with Gasteiger partial charge in [-0.05, 0) is 49.2 Å². The standard InChI is InChI=1S/C28H29ClN2O6/c1-35-23-7-3-5-19(27(23)36-2)26-20-15-18(29)8-9-21(20)31-12-4-6-22(31)24(37-26)16-25(32)30-13-10-17(11-14-30)28(33)34/h3-9,12,15,17,24,26H,10-11,13-14,16H2,1-2H3,(H,33,34)/t24-,26-/m1/s1. The van der Waals surface area contributed by atoms with Gasteiger partial charge in [-0.3, -0.25) is 9.59 Å². The molecule has 1 N–H and O–H groups in total. The lowest BCUT2D eigenvalue weighted by Gasteiger charge is -2.32. The summed E-state index contributed by atoms with van der Waals surface area (Å²) in [5.41, 5.74) is 3.35. The largest absolute Gasteiger partial charge is 0.493 e. The van der Waals surface area contributed by atoms with Crippen LogP contribution in [0.5, 0.6) is 11.5 Å². The minimum absolute atomic E-state index is 0.0677. The molecule has 2 aliphatic rings. The number of carboxylic acid groups (broad SMARTS) is 1. The minimum Gasteiger partial charge on any atom is -0.493 e. The molecule has 5 rings (SSSR count). The third kappa shape index (κ3) is 4.79. The molecule has 3 heterocycles. The van der Waals surface area contributed by atoms with E-state index in [0.29, 0.717) is 42.5 Å². The predicted molar refractivity (Wildman–Crippen MR) is 138 cm³/mol. The highest BCUT2D eigenvalue weighted by molar-refractivity contribution is 6.30. The van der Waals surface area contributed by atoms with E-state index in [-0.39, 0.29) is 12.3 Å². The first-order valence-corrected chi connectivity index (χ1v) is 12.6. The Labute approximate surface area is 220 Å². The van der Waals surface area contributed by atoms with Gasteiger partial charge in [-0.2, -0.15) is 0 Å². The fourth-order valence-electron chi connectivity index (χ4n) is 5.31. The summed E-state index contributed by atoms with van der Waals surface area (Å²) in [6, 6.07) is 15.2. The number of hydrogen-bond donors (Lipinski definition) is 1. The van der Waals surface area contributed by atoms with Gasteiger partial charge in [0, 0.05) is 35.4 Å². The van der Waals surface area contributed by atoms with Gasteiger partial charge in [-0.15, -0.1) is 0 Å². The third-order valence-electron chi connectivity index (χ3n) is 7.21. The average molecular weight is 525 g/mol. The Hall–Kier alpha value is -3.49. The number of ether oxygens (including phenoxy) is 3. The quantitative estimate of drug-likeness (QED) is 0.487. The highest BCUT2D eigenvalue weighted by atomic mass is 35.5. The molecule has 9 heteroatoms. The molecule has 0 unspecified atom stereocenters. The van der Waals surface area contributed by atoms with Gasteiger partial charge in [0.2, 0.25) is 5.91 Å². The second-order valence-electron chi connectivity index (χ2n) is 9.29. The van der Waals surface area contributed by atoms with Gasteiger partial charge >= 0.3 is 5.97 Å². The molecule has 2 atom stereocenters. The Morgan fingerprint density at radius 1 is 1.05 bits per heavy atom. The number of aromatic nitrogens is 1. The van der Waals surface area contributed by atoms with Gasteiger partial charge in [-0.1, -0.05) is 23.7 Å². The molecular weight excluding hydrogens is 496 g/mol. The first-order valence-electron chi connectivity index (χ1n) is 12.2. The molecule has 3 aromatic rings. The van der Waals surface area contributed by atoms with Crippen LogP contribution < -0.4 is 9.47 Å². The number of rotatable bonds is 6. The molecule has 37 heavy (non-hydrogen) atoms. The highest BCUT2D eigenvalue weighted by Gasteiger charge is 2.35.